The van der Waals surface area contributed by atoms with Crippen molar-refractivity contribution < 1.29 is 19.1 Å². The molecule has 0 bridgehead atoms. The second-order valence-corrected chi connectivity index (χ2v) is 9.09. The van der Waals surface area contributed by atoms with Gasteiger partial charge in [0, 0.05) is 43.4 Å². The van der Waals surface area contributed by atoms with E-state index in [1.165, 1.54) is 0 Å². The number of halogens is 1. The number of amides is 1. The molecule has 1 amide bonds. The number of hydrogen-bond donors (Lipinski definition) is 1. The lowest BCUT2D eigenvalue weighted by atomic mass is 9.95. The molecule has 0 spiro atoms. The molecular formula is C27H34ClN3O4. The lowest BCUT2D eigenvalue weighted by molar-refractivity contribution is 0.0933. The molecule has 0 saturated carbocycles. The summed E-state index contributed by atoms with van der Waals surface area (Å²) in [5.41, 5.74) is 1.96. The SMILES string of the molecule is CCCC(CCCC(=O)c1ccc(Cl)cc1)Cn1cc2c(OC)c(C(=O)NCCOC)ccc2n1. The van der Waals surface area contributed by atoms with Gasteiger partial charge >= 0.3 is 0 Å². The van der Waals surface area contributed by atoms with Crippen LogP contribution in [0.5, 0.6) is 5.75 Å². The fourth-order valence-electron chi connectivity index (χ4n) is 4.30. The average Bonchev–Trinajstić information content (AvgIpc) is 3.26. The van der Waals surface area contributed by atoms with Crippen molar-refractivity contribution in [3.63, 3.8) is 0 Å². The fourth-order valence-corrected chi connectivity index (χ4v) is 4.43. The molecule has 3 rings (SSSR count). The maximum atomic E-state index is 12.6. The van der Waals surface area contributed by atoms with Crippen LogP contribution >= 0.6 is 11.6 Å². The highest BCUT2D eigenvalue weighted by molar-refractivity contribution is 6.30. The highest BCUT2D eigenvalue weighted by atomic mass is 35.5. The molecule has 0 saturated heterocycles. The number of ketones is 1. The standard InChI is InChI=1S/C27H34ClN3O4/c1-4-6-19(7-5-8-25(32)20-9-11-21(28)12-10-20)17-31-18-23-24(30-31)14-13-22(26(23)35-3)27(33)29-15-16-34-2/h9-14,18-19H,4-8,15-17H2,1-3H3,(H,29,33). The van der Waals surface area contributed by atoms with Gasteiger partial charge in [-0.15, -0.1) is 0 Å². The molecule has 0 aliphatic heterocycles. The number of fused-ring (bicyclic) bond motifs is 1. The molecule has 0 aliphatic carbocycles. The number of ether oxygens (including phenoxy) is 2. The van der Waals surface area contributed by atoms with E-state index in [1.807, 2.05) is 16.9 Å². The Balaban J connectivity index is 1.66. The summed E-state index contributed by atoms with van der Waals surface area (Å²) in [6.07, 6.45) is 6.33. The monoisotopic (exact) mass is 499 g/mol. The minimum absolute atomic E-state index is 0.141. The third kappa shape index (κ3) is 7.29. The summed E-state index contributed by atoms with van der Waals surface area (Å²) >= 11 is 5.92. The fraction of sp³-hybridized carbons (Fsp3) is 0.444. The Labute approximate surface area is 211 Å². The number of rotatable bonds is 14. The molecular weight excluding hydrogens is 466 g/mol. The van der Waals surface area contributed by atoms with Crippen LogP contribution < -0.4 is 10.1 Å². The molecule has 188 valence electrons. The van der Waals surface area contributed by atoms with Gasteiger partial charge in [-0.3, -0.25) is 14.3 Å². The maximum Gasteiger partial charge on any atom is 0.255 e. The smallest absolute Gasteiger partial charge is 0.255 e. The number of carbonyl (C=O) groups excluding carboxylic acids is 2. The van der Waals surface area contributed by atoms with Gasteiger partial charge in [-0.25, -0.2) is 0 Å². The van der Waals surface area contributed by atoms with Crippen LogP contribution in [0.25, 0.3) is 10.9 Å². The number of aromatic nitrogens is 2. The topological polar surface area (TPSA) is 82.5 Å². The largest absolute Gasteiger partial charge is 0.495 e. The third-order valence-corrected chi connectivity index (χ3v) is 6.30. The van der Waals surface area contributed by atoms with Gasteiger partial charge in [0.2, 0.25) is 0 Å². The van der Waals surface area contributed by atoms with Crippen LogP contribution in [-0.2, 0) is 11.3 Å². The predicted molar refractivity (Wildman–Crippen MR) is 139 cm³/mol. The van der Waals surface area contributed by atoms with Gasteiger partial charge in [0.25, 0.3) is 5.91 Å². The zero-order chi connectivity index (χ0) is 25.2. The number of Topliss-reactive ketones (excluding diaryl/α,β-unsaturated/α-hetero) is 1. The lowest BCUT2D eigenvalue weighted by Gasteiger charge is -2.16. The van der Waals surface area contributed by atoms with E-state index in [2.05, 4.69) is 12.2 Å². The van der Waals surface area contributed by atoms with Gasteiger partial charge in [0.15, 0.2) is 5.78 Å². The number of hydrogen-bond acceptors (Lipinski definition) is 5. The molecule has 35 heavy (non-hydrogen) atoms. The van der Waals surface area contributed by atoms with E-state index in [4.69, 9.17) is 26.2 Å². The van der Waals surface area contributed by atoms with E-state index in [-0.39, 0.29) is 11.7 Å². The van der Waals surface area contributed by atoms with Crippen molar-refractivity contribution >= 4 is 34.2 Å². The highest BCUT2D eigenvalue weighted by Crippen LogP contribution is 2.30. The summed E-state index contributed by atoms with van der Waals surface area (Å²) in [7, 11) is 3.16. The summed E-state index contributed by atoms with van der Waals surface area (Å²) in [5, 5.41) is 9.00. The summed E-state index contributed by atoms with van der Waals surface area (Å²) in [6, 6.07) is 10.7. The Bertz CT molecular complexity index is 1130. The summed E-state index contributed by atoms with van der Waals surface area (Å²) < 4.78 is 12.5. The molecule has 1 atom stereocenters. The summed E-state index contributed by atoms with van der Waals surface area (Å²) in [6.45, 7) is 3.78. The van der Waals surface area contributed by atoms with E-state index in [0.717, 1.165) is 43.1 Å². The molecule has 0 aliphatic rings. The first-order valence-corrected chi connectivity index (χ1v) is 12.4. The van der Waals surface area contributed by atoms with Crippen LogP contribution in [0.15, 0.2) is 42.6 Å². The highest BCUT2D eigenvalue weighted by Gasteiger charge is 2.18. The number of carbonyl (C=O) groups is 2. The van der Waals surface area contributed by atoms with Crippen LogP contribution in [0.3, 0.4) is 0 Å². The van der Waals surface area contributed by atoms with Gasteiger partial charge in [0.1, 0.15) is 5.75 Å². The molecule has 7 nitrogen and oxygen atoms in total. The molecule has 0 fully saturated rings. The minimum atomic E-state index is -0.206. The second kappa shape index (κ2) is 13.3. The first-order chi connectivity index (χ1) is 17.0. The molecule has 1 unspecified atom stereocenters. The normalized spacial score (nSPS) is 12.0. The lowest BCUT2D eigenvalue weighted by Crippen LogP contribution is -2.27. The molecule has 0 radical (unpaired) electrons. The van der Waals surface area contributed by atoms with Crippen molar-refractivity contribution in [2.75, 3.05) is 27.4 Å². The Hall–Kier alpha value is -2.90. The van der Waals surface area contributed by atoms with E-state index < -0.39 is 0 Å². The van der Waals surface area contributed by atoms with Gasteiger partial charge in [0.05, 0.1) is 30.2 Å². The van der Waals surface area contributed by atoms with Crippen LogP contribution in [0, 0.1) is 5.92 Å². The van der Waals surface area contributed by atoms with E-state index in [1.54, 1.807) is 44.6 Å². The van der Waals surface area contributed by atoms with E-state index >= 15 is 0 Å². The average molecular weight is 500 g/mol. The van der Waals surface area contributed by atoms with Crippen molar-refractivity contribution in [2.24, 2.45) is 5.92 Å². The van der Waals surface area contributed by atoms with Crippen molar-refractivity contribution in [1.82, 2.24) is 15.1 Å². The van der Waals surface area contributed by atoms with Crippen LogP contribution in [0.1, 0.15) is 59.7 Å². The van der Waals surface area contributed by atoms with Gasteiger partial charge in [-0.05, 0) is 61.6 Å². The summed E-state index contributed by atoms with van der Waals surface area (Å²) in [4.78, 5) is 25.1. The minimum Gasteiger partial charge on any atom is -0.495 e. The van der Waals surface area contributed by atoms with Crippen molar-refractivity contribution in [1.29, 1.82) is 0 Å². The molecule has 1 heterocycles. The Morgan fingerprint density at radius 1 is 1.11 bits per heavy atom. The van der Waals surface area contributed by atoms with Crippen LogP contribution in [0.2, 0.25) is 5.02 Å². The van der Waals surface area contributed by atoms with Crippen LogP contribution in [0.4, 0.5) is 0 Å². The van der Waals surface area contributed by atoms with Crippen molar-refractivity contribution in [3.8, 4) is 5.75 Å². The van der Waals surface area contributed by atoms with Crippen LogP contribution in [-0.4, -0.2) is 48.8 Å². The maximum absolute atomic E-state index is 12.6. The zero-order valence-electron chi connectivity index (χ0n) is 20.7. The number of benzene rings is 2. The Kier molecular flexibility index (Phi) is 10.1. The quantitative estimate of drug-likeness (QED) is 0.232. The molecule has 2 aromatic carbocycles. The van der Waals surface area contributed by atoms with Gasteiger partial charge < -0.3 is 14.8 Å². The number of methoxy groups -OCH3 is 2. The van der Waals surface area contributed by atoms with Gasteiger partial charge in [-0.2, -0.15) is 5.10 Å². The second-order valence-electron chi connectivity index (χ2n) is 8.66. The van der Waals surface area contributed by atoms with Crippen molar-refractivity contribution in [3.05, 3.63) is 58.7 Å². The molecule has 8 heteroatoms. The third-order valence-electron chi connectivity index (χ3n) is 6.05. The number of nitrogens with zero attached hydrogens (tertiary/aromatic N) is 2. The number of nitrogens with one attached hydrogen (secondary N) is 1. The van der Waals surface area contributed by atoms with E-state index in [9.17, 15) is 9.59 Å². The predicted octanol–water partition coefficient (Wildman–Crippen LogP) is 5.54. The van der Waals surface area contributed by atoms with Gasteiger partial charge in [-0.1, -0.05) is 24.9 Å². The Morgan fingerprint density at radius 3 is 2.57 bits per heavy atom. The molecule has 3 aromatic rings. The first-order valence-electron chi connectivity index (χ1n) is 12.1. The zero-order valence-corrected chi connectivity index (χ0v) is 21.4. The Morgan fingerprint density at radius 2 is 1.89 bits per heavy atom. The summed E-state index contributed by atoms with van der Waals surface area (Å²) in [5.74, 6) is 0.852. The molecule has 1 aromatic heterocycles. The van der Waals surface area contributed by atoms with Crippen molar-refractivity contribution in [2.45, 2.75) is 45.6 Å². The molecule has 1 N–H and O–H groups in total. The van der Waals surface area contributed by atoms with E-state index in [0.29, 0.717) is 47.4 Å². The first kappa shape index (κ1) is 26.7.